The molecule has 0 atom stereocenters. The molecule has 1 heterocycles. The van der Waals surface area contributed by atoms with E-state index < -0.39 is 0 Å². The van der Waals surface area contributed by atoms with Crippen LogP contribution in [0.5, 0.6) is 0 Å². The normalized spacial score (nSPS) is 11.4. The van der Waals surface area contributed by atoms with E-state index in [1.54, 1.807) is 13.1 Å². The van der Waals surface area contributed by atoms with Crippen LogP contribution in [0.4, 0.5) is 0 Å². The fourth-order valence-electron chi connectivity index (χ4n) is 3.71. The summed E-state index contributed by atoms with van der Waals surface area (Å²) in [6, 6.07) is 13.3. The van der Waals surface area contributed by atoms with E-state index in [1.807, 2.05) is 37.4 Å². The predicted octanol–water partition coefficient (Wildman–Crippen LogP) is 4.22. The van der Waals surface area contributed by atoms with Crippen LogP contribution in [0.2, 0.25) is 0 Å². The molecule has 0 unspecified atom stereocenters. The second-order valence-corrected chi connectivity index (χ2v) is 7.90. The van der Waals surface area contributed by atoms with Crippen molar-refractivity contribution in [1.29, 1.82) is 0 Å². The molecular weight excluding hydrogens is 364 g/mol. The van der Waals surface area contributed by atoms with Gasteiger partial charge in [-0.15, -0.1) is 0 Å². The molecule has 5 heteroatoms. The maximum atomic E-state index is 12.1. The van der Waals surface area contributed by atoms with Gasteiger partial charge in [0, 0.05) is 37.2 Å². The third-order valence-electron chi connectivity index (χ3n) is 5.17. The summed E-state index contributed by atoms with van der Waals surface area (Å²) in [7, 11) is 3.64. The summed E-state index contributed by atoms with van der Waals surface area (Å²) in [6.45, 7) is 7.72. The Labute approximate surface area is 171 Å². The molecule has 3 rings (SSSR count). The number of hydrogen-bond donors (Lipinski definition) is 1. The molecule has 1 aromatic heterocycles. The average molecular weight is 392 g/mol. The van der Waals surface area contributed by atoms with Crippen LogP contribution in [0, 0.1) is 6.92 Å². The van der Waals surface area contributed by atoms with Crippen LogP contribution in [-0.2, 0) is 13.1 Å². The summed E-state index contributed by atoms with van der Waals surface area (Å²) in [5.41, 5.74) is 5.42. The minimum absolute atomic E-state index is 0.0939. The van der Waals surface area contributed by atoms with Crippen LogP contribution in [0.25, 0.3) is 11.0 Å². The lowest BCUT2D eigenvalue weighted by Crippen LogP contribution is -2.19. The molecule has 0 fully saturated rings. The molecule has 1 amide bonds. The molecule has 1 N–H and O–H groups in total. The Hall–Kier alpha value is -2.92. The molecule has 152 valence electrons. The molecule has 0 saturated heterocycles. The number of carbonyl (C=O) groups is 1. The van der Waals surface area contributed by atoms with Gasteiger partial charge in [-0.2, -0.15) is 0 Å². The number of nitrogens with one attached hydrogen (secondary N) is 1. The Kier molecular flexibility index (Phi) is 6.18. The smallest absolute Gasteiger partial charge is 0.336 e. The van der Waals surface area contributed by atoms with E-state index in [-0.39, 0.29) is 11.5 Å². The summed E-state index contributed by atoms with van der Waals surface area (Å²) >= 11 is 0. The van der Waals surface area contributed by atoms with Gasteiger partial charge in [0.05, 0.1) is 0 Å². The van der Waals surface area contributed by atoms with Crippen LogP contribution in [0.1, 0.15) is 52.4 Å². The topological polar surface area (TPSA) is 62.6 Å². The third-order valence-corrected chi connectivity index (χ3v) is 5.17. The van der Waals surface area contributed by atoms with Crippen molar-refractivity contribution >= 4 is 16.9 Å². The summed E-state index contributed by atoms with van der Waals surface area (Å²) in [4.78, 5) is 25.9. The SMILES string of the molecule is CNC(=O)c1ccc(CN(C)Cc2cc(=O)oc3cc(C)c(C(C)C)cc23)cc1. The van der Waals surface area contributed by atoms with Crippen molar-refractivity contribution in [2.45, 2.75) is 39.8 Å². The molecule has 3 aromatic rings. The lowest BCUT2D eigenvalue weighted by Gasteiger charge is -2.19. The standard InChI is InChI=1S/C24H28N2O3/c1-15(2)20-12-21-19(11-23(27)29-22(21)10-16(20)3)14-26(5)13-17-6-8-18(9-7-17)24(28)25-4/h6-12,15H,13-14H2,1-5H3,(H,25,28). The van der Waals surface area contributed by atoms with Crippen LogP contribution in [0.15, 0.2) is 51.7 Å². The maximum absolute atomic E-state index is 12.1. The van der Waals surface area contributed by atoms with E-state index in [9.17, 15) is 9.59 Å². The quantitative estimate of drug-likeness (QED) is 0.638. The number of hydrogen-bond acceptors (Lipinski definition) is 4. The first-order chi connectivity index (χ1) is 13.8. The lowest BCUT2D eigenvalue weighted by molar-refractivity contribution is 0.0963. The van der Waals surface area contributed by atoms with Crippen molar-refractivity contribution in [2.75, 3.05) is 14.1 Å². The average Bonchev–Trinajstić information content (AvgIpc) is 2.67. The van der Waals surface area contributed by atoms with Crippen molar-refractivity contribution in [3.63, 3.8) is 0 Å². The second kappa shape index (κ2) is 8.62. The largest absolute Gasteiger partial charge is 0.423 e. The molecule has 0 radical (unpaired) electrons. The zero-order valence-corrected chi connectivity index (χ0v) is 17.7. The highest BCUT2D eigenvalue weighted by atomic mass is 16.4. The number of carbonyl (C=O) groups excluding carboxylic acids is 1. The number of nitrogens with zero attached hydrogens (tertiary/aromatic N) is 1. The molecule has 5 nitrogen and oxygen atoms in total. The Balaban J connectivity index is 1.86. The van der Waals surface area contributed by atoms with Gasteiger partial charge in [-0.3, -0.25) is 9.69 Å². The van der Waals surface area contributed by atoms with Crippen molar-refractivity contribution in [3.05, 3.63) is 80.7 Å². The van der Waals surface area contributed by atoms with Crippen LogP contribution < -0.4 is 10.9 Å². The molecule has 0 spiro atoms. The van der Waals surface area contributed by atoms with Gasteiger partial charge in [-0.25, -0.2) is 4.79 Å². The Morgan fingerprint density at radius 2 is 1.79 bits per heavy atom. The lowest BCUT2D eigenvalue weighted by atomic mass is 9.95. The molecule has 29 heavy (non-hydrogen) atoms. The monoisotopic (exact) mass is 392 g/mol. The van der Waals surface area contributed by atoms with E-state index in [2.05, 4.69) is 37.1 Å². The minimum Gasteiger partial charge on any atom is -0.423 e. The Morgan fingerprint density at radius 1 is 1.10 bits per heavy atom. The van der Waals surface area contributed by atoms with Gasteiger partial charge in [0.1, 0.15) is 5.58 Å². The van der Waals surface area contributed by atoms with Crippen LogP contribution >= 0.6 is 0 Å². The van der Waals surface area contributed by atoms with Gasteiger partial charge in [-0.1, -0.05) is 26.0 Å². The molecule has 2 aromatic carbocycles. The van der Waals surface area contributed by atoms with E-state index in [0.29, 0.717) is 30.2 Å². The van der Waals surface area contributed by atoms with Crippen LogP contribution in [-0.4, -0.2) is 24.9 Å². The third kappa shape index (κ3) is 4.74. The maximum Gasteiger partial charge on any atom is 0.336 e. The molecular formula is C24H28N2O3. The summed E-state index contributed by atoms with van der Waals surface area (Å²) in [5, 5.41) is 3.61. The minimum atomic E-state index is -0.326. The zero-order chi connectivity index (χ0) is 21.1. The van der Waals surface area contributed by atoms with Gasteiger partial charge in [0.15, 0.2) is 0 Å². The van der Waals surface area contributed by atoms with Gasteiger partial charge < -0.3 is 9.73 Å². The summed E-state index contributed by atoms with van der Waals surface area (Å²) < 4.78 is 5.45. The van der Waals surface area contributed by atoms with E-state index in [4.69, 9.17) is 4.42 Å². The van der Waals surface area contributed by atoms with Gasteiger partial charge >= 0.3 is 5.63 Å². The van der Waals surface area contributed by atoms with Crippen molar-refractivity contribution in [3.8, 4) is 0 Å². The van der Waals surface area contributed by atoms with Crippen molar-refractivity contribution in [2.24, 2.45) is 0 Å². The van der Waals surface area contributed by atoms with E-state index in [1.165, 1.54) is 5.56 Å². The van der Waals surface area contributed by atoms with E-state index in [0.717, 1.165) is 22.1 Å². The zero-order valence-electron chi connectivity index (χ0n) is 17.7. The van der Waals surface area contributed by atoms with Crippen molar-refractivity contribution < 1.29 is 9.21 Å². The first-order valence-corrected chi connectivity index (χ1v) is 9.85. The predicted molar refractivity (Wildman–Crippen MR) is 116 cm³/mol. The highest BCUT2D eigenvalue weighted by molar-refractivity contribution is 5.93. The number of benzene rings is 2. The highest BCUT2D eigenvalue weighted by Crippen LogP contribution is 2.27. The second-order valence-electron chi connectivity index (χ2n) is 7.90. The first-order valence-electron chi connectivity index (χ1n) is 9.85. The first kappa shape index (κ1) is 20.8. The van der Waals surface area contributed by atoms with Gasteiger partial charge in [0.25, 0.3) is 5.91 Å². The van der Waals surface area contributed by atoms with Gasteiger partial charge in [-0.05, 0) is 66.4 Å². The number of rotatable bonds is 6. The molecule has 0 aliphatic rings. The Bertz CT molecular complexity index is 1080. The number of fused-ring (bicyclic) bond motifs is 1. The summed E-state index contributed by atoms with van der Waals surface area (Å²) in [5.74, 6) is 0.305. The fraction of sp³-hybridized carbons (Fsp3) is 0.333. The molecule has 0 aliphatic carbocycles. The number of aryl methyl sites for hydroxylation is 1. The molecule has 0 saturated carbocycles. The highest BCUT2D eigenvalue weighted by Gasteiger charge is 2.13. The van der Waals surface area contributed by atoms with E-state index >= 15 is 0 Å². The van der Waals surface area contributed by atoms with Crippen molar-refractivity contribution in [1.82, 2.24) is 10.2 Å². The fourth-order valence-corrected chi connectivity index (χ4v) is 3.71. The van der Waals surface area contributed by atoms with Crippen LogP contribution in [0.3, 0.4) is 0 Å². The molecule has 0 aliphatic heterocycles. The molecule has 0 bridgehead atoms. The van der Waals surface area contributed by atoms with Gasteiger partial charge in [0.2, 0.25) is 0 Å². The number of amides is 1. The summed E-state index contributed by atoms with van der Waals surface area (Å²) in [6.07, 6.45) is 0. The Morgan fingerprint density at radius 3 is 2.41 bits per heavy atom.